The molecule has 19 heavy (non-hydrogen) atoms. The van der Waals surface area contributed by atoms with Crippen LogP contribution in [0.2, 0.25) is 0 Å². The first-order valence-corrected chi connectivity index (χ1v) is 6.56. The molecule has 1 aliphatic rings. The number of nitrogens with two attached hydrogens (primary N) is 1. The molecule has 0 aliphatic heterocycles. The van der Waals surface area contributed by atoms with Gasteiger partial charge in [-0.1, -0.05) is 38.2 Å². The summed E-state index contributed by atoms with van der Waals surface area (Å²) in [7, 11) is 1.75. The minimum absolute atomic E-state index is 0.411. The van der Waals surface area contributed by atoms with Gasteiger partial charge in [0.15, 0.2) is 0 Å². The average molecular weight is 260 g/mol. The molecule has 0 radical (unpaired) electrons. The van der Waals surface area contributed by atoms with Crippen LogP contribution in [-0.4, -0.2) is 18.7 Å². The molecule has 0 heterocycles. The van der Waals surface area contributed by atoms with Crippen molar-refractivity contribution in [2.24, 2.45) is 10.7 Å². The molecule has 0 aromatic rings. The number of carbonyl (C=O) groups is 1. The Morgan fingerprint density at radius 2 is 1.84 bits per heavy atom. The highest BCUT2D eigenvalue weighted by atomic mass is 16.1. The second kappa shape index (κ2) is 8.25. The second-order valence-electron chi connectivity index (χ2n) is 3.75. The van der Waals surface area contributed by atoms with E-state index in [-0.39, 0.29) is 0 Å². The van der Waals surface area contributed by atoms with Crippen molar-refractivity contribution in [3.63, 3.8) is 0 Å². The molecule has 3 nitrogen and oxygen atoms in total. The standard InChI is InChI=1S/C14H18N2O.C2H6/c1-5-10-7-8-12(9(3)13(10)16-4)11(6-2)14(15)17;1-2/h5-8H,1-4H3,(H2,15,17);1-2H3/b10-5-,11-6+,16-13?;. The maximum absolute atomic E-state index is 11.4. The van der Waals surface area contributed by atoms with Crippen molar-refractivity contribution in [1.82, 2.24) is 0 Å². The predicted octanol–water partition coefficient (Wildman–Crippen LogP) is 3.35. The van der Waals surface area contributed by atoms with Gasteiger partial charge in [-0.3, -0.25) is 9.79 Å². The Balaban J connectivity index is 0.00000154. The van der Waals surface area contributed by atoms with E-state index in [1.807, 2.05) is 52.8 Å². The van der Waals surface area contributed by atoms with Crippen molar-refractivity contribution in [2.45, 2.75) is 34.6 Å². The molecule has 0 spiro atoms. The van der Waals surface area contributed by atoms with Gasteiger partial charge in [0.2, 0.25) is 5.91 Å². The molecular weight excluding hydrogens is 236 g/mol. The Morgan fingerprint density at radius 1 is 1.26 bits per heavy atom. The molecule has 1 aliphatic carbocycles. The molecule has 0 saturated heterocycles. The number of carbonyl (C=O) groups excluding carboxylic acids is 1. The number of allylic oxidation sites excluding steroid dienone is 6. The molecule has 0 unspecified atom stereocenters. The zero-order chi connectivity index (χ0) is 15.0. The van der Waals surface area contributed by atoms with E-state index in [9.17, 15) is 4.79 Å². The van der Waals surface area contributed by atoms with E-state index >= 15 is 0 Å². The van der Waals surface area contributed by atoms with Crippen molar-refractivity contribution < 1.29 is 4.79 Å². The monoisotopic (exact) mass is 260 g/mol. The maximum Gasteiger partial charge on any atom is 0.248 e. The largest absolute Gasteiger partial charge is 0.366 e. The summed E-state index contributed by atoms with van der Waals surface area (Å²) in [6, 6.07) is 0. The number of aliphatic imine (C=N–C) groups is 1. The van der Waals surface area contributed by atoms with E-state index in [1.54, 1.807) is 13.1 Å². The maximum atomic E-state index is 11.4. The van der Waals surface area contributed by atoms with E-state index in [0.29, 0.717) is 5.57 Å². The highest BCUT2D eigenvalue weighted by Crippen LogP contribution is 2.25. The molecule has 2 N–H and O–H groups in total. The summed E-state index contributed by atoms with van der Waals surface area (Å²) in [5, 5.41) is 0. The van der Waals surface area contributed by atoms with Crippen LogP contribution in [0.4, 0.5) is 0 Å². The van der Waals surface area contributed by atoms with Crippen LogP contribution in [0.5, 0.6) is 0 Å². The van der Waals surface area contributed by atoms with Gasteiger partial charge >= 0.3 is 0 Å². The van der Waals surface area contributed by atoms with Crippen molar-refractivity contribution in [3.05, 3.63) is 46.6 Å². The van der Waals surface area contributed by atoms with E-state index < -0.39 is 5.91 Å². The normalized spacial score (nSPS) is 19.6. The lowest BCUT2D eigenvalue weighted by molar-refractivity contribution is -0.114. The Morgan fingerprint density at radius 3 is 2.21 bits per heavy atom. The van der Waals surface area contributed by atoms with Crippen LogP contribution in [-0.2, 0) is 4.79 Å². The number of amides is 1. The Hall–Kier alpha value is -1.90. The van der Waals surface area contributed by atoms with E-state index in [4.69, 9.17) is 5.73 Å². The molecule has 0 fully saturated rings. The van der Waals surface area contributed by atoms with E-state index in [0.717, 1.165) is 22.4 Å². The summed E-state index contributed by atoms with van der Waals surface area (Å²) in [4.78, 5) is 15.6. The van der Waals surface area contributed by atoms with Crippen LogP contribution in [0.15, 0.2) is 51.6 Å². The fourth-order valence-corrected chi connectivity index (χ4v) is 1.97. The fraction of sp³-hybridized carbons (Fsp3) is 0.375. The minimum atomic E-state index is -0.411. The van der Waals surface area contributed by atoms with Crippen molar-refractivity contribution >= 4 is 11.6 Å². The first-order chi connectivity index (χ1) is 9.06. The van der Waals surface area contributed by atoms with Gasteiger partial charge in [0.05, 0.1) is 5.71 Å². The van der Waals surface area contributed by atoms with Crippen LogP contribution in [0.3, 0.4) is 0 Å². The number of hydrogen-bond acceptors (Lipinski definition) is 2. The molecule has 0 atom stereocenters. The molecule has 1 rings (SSSR count). The molecule has 0 aromatic heterocycles. The highest BCUT2D eigenvalue weighted by Gasteiger charge is 2.18. The molecule has 104 valence electrons. The zero-order valence-electron chi connectivity index (χ0n) is 12.7. The van der Waals surface area contributed by atoms with Gasteiger partial charge in [-0.05, 0) is 37.5 Å². The third-order valence-electron chi connectivity index (χ3n) is 2.84. The zero-order valence-corrected chi connectivity index (χ0v) is 12.7. The van der Waals surface area contributed by atoms with Gasteiger partial charge in [-0.25, -0.2) is 0 Å². The van der Waals surface area contributed by atoms with Crippen LogP contribution in [0, 0.1) is 0 Å². The molecule has 0 aromatic carbocycles. The topological polar surface area (TPSA) is 55.5 Å². The number of nitrogens with zero attached hydrogens (tertiary/aromatic N) is 1. The van der Waals surface area contributed by atoms with Crippen LogP contribution in [0.25, 0.3) is 0 Å². The fourth-order valence-electron chi connectivity index (χ4n) is 1.97. The third-order valence-corrected chi connectivity index (χ3v) is 2.84. The molecule has 1 amide bonds. The second-order valence-corrected chi connectivity index (χ2v) is 3.75. The van der Waals surface area contributed by atoms with Gasteiger partial charge in [0.25, 0.3) is 0 Å². The lowest BCUT2D eigenvalue weighted by atomic mass is 9.88. The minimum Gasteiger partial charge on any atom is -0.366 e. The predicted molar refractivity (Wildman–Crippen MR) is 83.3 cm³/mol. The first kappa shape index (κ1) is 17.1. The van der Waals surface area contributed by atoms with Crippen LogP contribution >= 0.6 is 0 Å². The van der Waals surface area contributed by atoms with E-state index in [2.05, 4.69) is 4.99 Å². The third kappa shape index (κ3) is 3.78. The van der Waals surface area contributed by atoms with Crippen molar-refractivity contribution in [3.8, 4) is 0 Å². The molecular formula is C16H24N2O. The van der Waals surface area contributed by atoms with Gasteiger partial charge in [-0.15, -0.1) is 0 Å². The average Bonchev–Trinajstić information content (AvgIpc) is 2.42. The van der Waals surface area contributed by atoms with Gasteiger partial charge in [0.1, 0.15) is 0 Å². The number of hydrogen-bond donors (Lipinski definition) is 1. The van der Waals surface area contributed by atoms with Gasteiger partial charge in [0, 0.05) is 12.6 Å². The molecule has 0 saturated carbocycles. The summed E-state index contributed by atoms with van der Waals surface area (Å²) in [5.74, 6) is -0.411. The molecule has 3 heteroatoms. The SMILES string of the molecule is C/C=C1/C=CC(/C(=C\C)C(N)=O)=C(C)C1=NC.CC. The Bertz CT molecular complexity index is 489. The lowest BCUT2D eigenvalue weighted by Gasteiger charge is -2.17. The quantitative estimate of drug-likeness (QED) is 0.760. The summed E-state index contributed by atoms with van der Waals surface area (Å²) < 4.78 is 0. The summed E-state index contributed by atoms with van der Waals surface area (Å²) >= 11 is 0. The van der Waals surface area contributed by atoms with Crippen molar-refractivity contribution in [2.75, 3.05) is 7.05 Å². The Labute approximate surface area is 116 Å². The summed E-state index contributed by atoms with van der Waals surface area (Å²) in [5.41, 5.74) is 9.71. The van der Waals surface area contributed by atoms with Crippen LogP contribution in [0.1, 0.15) is 34.6 Å². The summed E-state index contributed by atoms with van der Waals surface area (Å²) in [6.45, 7) is 9.73. The Kier molecular flexibility index (Phi) is 7.42. The first-order valence-electron chi connectivity index (χ1n) is 6.56. The van der Waals surface area contributed by atoms with Gasteiger partial charge in [-0.2, -0.15) is 0 Å². The van der Waals surface area contributed by atoms with Crippen molar-refractivity contribution in [1.29, 1.82) is 0 Å². The lowest BCUT2D eigenvalue weighted by Crippen LogP contribution is -2.19. The molecule has 0 bridgehead atoms. The summed E-state index contributed by atoms with van der Waals surface area (Å²) in [6.07, 6.45) is 7.61. The van der Waals surface area contributed by atoms with Crippen LogP contribution < -0.4 is 5.73 Å². The van der Waals surface area contributed by atoms with Gasteiger partial charge < -0.3 is 5.73 Å². The number of rotatable bonds is 2. The highest BCUT2D eigenvalue weighted by molar-refractivity contribution is 6.17. The smallest absolute Gasteiger partial charge is 0.248 e. The van der Waals surface area contributed by atoms with E-state index in [1.165, 1.54) is 0 Å². The number of primary amides is 1.